The van der Waals surface area contributed by atoms with Crippen molar-refractivity contribution in [2.45, 2.75) is 0 Å². The van der Waals surface area contributed by atoms with E-state index in [0.29, 0.717) is 0 Å². The van der Waals surface area contributed by atoms with Gasteiger partial charge in [-0.2, -0.15) is 0 Å². The molecule has 0 N–H and O–H groups in total. The van der Waals surface area contributed by atoms with Crippen molar-refractivity contribution in [2.24, 2.45) is 0 Å². The minimum Gasteiger partial charge on any atom is -0.309 e. The van der Waals surface area contributed by atoms with Gasteiger partial charge in [0.2, 0.25) is 0 Å². The summed E-state index contributed by atoms with van der Waals surface area (Å²) in [5.41, 5.74) is 1.81. The molecule has 48 heavy (non-hydrogen) atoms. The molecule has 0 heterocycles. The lowest BCUT2D eigenvalue weighted by molar-refractivity contribution is 0.591. The predicted octanol–water partition coefficient (Wildman–Crippen LogP) is 8.94. The summed E-state index contributed by atoms with van der Waals surface area (Å²) in [6.45, 7) is 0. The summed E-state index contributed by atoms with van der Waals surface area (Å²) in [5.74, 6) is 0. The summed E-state index contributed by atoms with van der Waals surface area (Å²) in [6, 6.07) is 64.1. The van der Waals surface area contributed by atoms with Crippen molar-refractivity contribution >= 4 is 67.7 Å². The average molecular weight is 655 g/mol. The Hall–Kier alpha value is -5.26. The van der Waals surface area contributed by atoms with Crippen molar-refractivity contribution in [2.75, 3.05) is 0 Å². The molecule has 0 saturated carbocycles. The second-order valence-corrected chi connectivity index (χ2v) is 17.5. The van der Waals surface area contributed by atoms with Gasteiger partial charge < -0.3 is 9.13 Å². The SMILES string of the molecule is O=P(c1ccccc1)(c1ccccc1)c1cc(-c2c(P(=O)(c3ccccc3)c3ccccc3)ccc3ccccc23)c2ccccc2c1. The summed E-state index contributed by atoms with van der Waals surface area (Å²) in [5, 5.41) is 8.62. The molecular formula is C44H32O2P2. The van der Waals surface area contributed by atoms with Crippen LogP contribution in [0.3, 0.4) is 0 Å². The molecule has 0 unspecified atom stereocenters. The number of fused-ring (bicyclic) bond motifs is 2. The Morgan fingerprint density at radius 3 is 1.25 bits per heavy atom. The molecule has 0 spiro atoms. The zero-order valence-electron chi connectivity index (χ0n) is 26.2. The highest BCUT2D eigenvalue weighted by Gasteiger charge is 2.35. The Kier molecular flexibility index (Phi) is 7.78. The molecule has 0 radical (unpaired) electrons. The third-order valence-electron chi connectivity index (χ3n) is 9.21. The summed E-state index contributed by atoms with van der Waals surface area (Å²) < 4.78 is 31.8. The van der Waals surface area contributed by atoms with Crippen LogP contribution < -0.4 is 31.8 Å². The van der Waals surface area contributed by atoms with Crippen LogP contribution in [0, 0.1) is 0 Å². The predicted molar refractivity (Wildman–Crippen MR) is 206 cm³/mol. The van der Waals surface area contributed by atoms with Gasteiger partial charge in [-0.25, -0.2) is 0 Å². The minimum atomic E-state index is -3.40. The van der Waals surface area contributed by atoms with E-state index in [0.717, 1.165) is 64.5 Å². The number of rotatable bonds is 7. The largest absolute Gasteiger partial charge is 0.309 e. The van der Waals surface area contributed by atoms with Gasteiger partial charge in [-0.05, 0) is 45.3 Å². The molecule has 0 fully saturated rings. The van der Waals surface area contributed by atoms with E-state index in [2.05, 4.69) is 42.5 Å². The standard InChI is InChI=1S/C44H32O2P2/c45-47(35-19-5-1-6-20-35,36-21-7-2-8-22-36)39-31-34-18-14-15-27-40(34)42(32-39)44-41-28-16-13-17-33(41)29-30-43(44)48(46,37-23-9-3-10-24-37)38-25-11-4-12-26-38/h1-32H. The van der Waals surface area contributed by atoms with Crippen LogP contribution in [0.4, 0.5) is 0 Å². The number of benzene rings is 8. The van der Waals surface area contributed by atoms with Gasteiger partial charge >= 0.3 is 0 Å². The van der Waals surface area contributed by atoms with E-state index >= 15 is 9.13 Å². The first-order valence-corrected chi connectivity index (χ1v) is 19.5. The molecule has 0 aliphatic carbocycles. The zero-order valence-corrected chi connectivity index (χ0v) is 28.0. The van der Waals surface area contributed by atoms with E-state index < -0.39 is 14.3 Å². The van der Waals surface area contributed by atoms with Crippen molar-refractivity contribution in [3.63, 3.8) is 0 Å². The maximum atomic E-state index is 16.1. The van der Waals surface area contributed by atoms with Gasteiger partial charge in [0.1, 0.15) is 0 Å². The molecule has 0 amide bonds. The molecule has 8 aromatic rings. The Labute approximate surface area is 281 Å². The molecule has 0 aliphatic heterocycles. The lowest BCUT2D eigenvalue weighted by Crippen LogP contribution is -2.27. The quantitative estimate of drug-likeness (QED) is 0.161. The molecule has 4 heteroatoms. The summed E-state index contributed by atoms with van der Waals surface area (Å²) in [4.78, 5) is 0. The second-order valence-electron chi connectivity index (χ2n) is 12.0. The summed E-state index contributed by atoms with van der Waals surface area (Å²) in [6.07, 6.45) is 0. The molecule has 0 aliphatic rings. The first kappa shape index (κ1) is 30.1. The van der Waals surface area contributed by atoms with E-state index in [1.54, 1.807) is 0 Å². The zero-order chi connectivity index (χ0) is 32.6. The van der Waals surface area contributed by atoms with Crippen LogP contribution in [0.2, 0.25) is 0 Å². The fourth-order valence-electron chi connectivity index (χ4n) is 6.92. The van der Waals surface area contributed by atoms with Crippen LogP contribution in [-0.2, 0) is 9.13 Å². The van der Waals surface area contributed by atoms with E-state index in [1.165, 1.54) is 0 Å². The molecular weight excluding hydrogens is 622 g/mol. The number of hydrogen-bond donors (Lipinski definition) is 0. The van der Waals surface area contributed by atoms with Gasteiger partial charge in [-0.3, -0.25) is 0 Å². The highest BCUT2D eigenvalue weighted by Crippen LogP contribution is 2.49. The van der Waals surface area contributed by atoms with Gasteiger partial charge in [0.05, 0.1) is 0 Å². The number of hydrogen-bond acceptors (Lipinski definition) is 2. The Morgan fingerprint density at radius 2 is 0.729 bits per heavy atom. The van der Waals surface area contributed by atoms with E-state index in [-0.39, 0.29) is 0 Å². The minimum absolute atomic E-state index is 0.738. The molecule has 0 aromatic heterocycles. The van der Waals surface area contributed by atoms with Crippen LogP contribution in [0.5, 0.6) is 0 Å². The molecule has 8 rings (SSSR count). The van der Waals surface area contributed by atoms with Crippen LogP contribution in [0.1, 0.15) is 0 Å². The molecule has 0 bridgehead atoms. The Morgan fingerprint density at radius 1 is 0.312 bits per heavy atom. The normalized spacial score (nSPS) is 11.9. The van der Waals surface area contributed by atoms with Crippen molar-refractivity contribution < 1.29 is 9.13 Å². The highest BCUT2D eigenvalue weighted by molar-refractivity contribution is 7.86. The maximum Gasteiger partial charge on any atom is 0.171 e. The van der Waals surface area contributed by atoms with Crippen molar-refractivity contribution in [3.8, 4) is 11.1 Å². The van der Waals surface area contributed by atoms with Crippen molar-refractivity contribution in [3.05, 3.63) is 194 Å². The monoisotopic (exact) mass is 654 g/mol. The lowest BCUT2D eigenvalue weighted by Gasteiger charge is -2.26. The van der Waals surface area contributed by atoms with Crippen LogP contribution in [0.15, 0.2) is 194 Å². The molecule has 0 saturated heterocycles. The molecule has 0 atom stereocenters. The average Bonchev–Trinajstić information content (AvgIpc) is 3.17. The Bertz CT molecular complexity index is 2410. The molecule has 2 nitrogen and oxygen atoms in total. The third-order valence-corrected chi connectivity index (χ3v) is 15.3. The van der Waals surface area contributed by atoms with Gasteiger partial charge in [0.15, 0.2) is 14.3 Å². The smallest absolute Gasteiger partial charge is 0.171 e. The third kappa shape index (κ3) is 4.97. The fourth-order valence-corrected chi connectivity index (χ4v) is 12.5. The highest BCUT2D eigenvalue weighted by atomic mass is 31.2. The van der Waals surface area contributed by atoms with Gasteiger partial charge in [-0.1, -0.05) is 176 Å². The van der Waals surface area contributed by atoms with Crippen LogP contribution in [-0.4, -0.2) is 0 Å². The second kappa shape index (κ2) is 12.4. The van der Waals surface area contributed by atoms with Gasteiger partial charge in [0, 0.05) is 37.4 Å². The van der Waals surface area contributed by atoms with E-state index in [1.807, 2.05) is 152 Å². The van der Waals surface area contributed by atoms with Crippen LogP contribution >= 0.6 is 14.3 Å². The van der Waals surface area contributed by atoms with Crippen LogP contribution in [0.25, 0.3) is 32.7 Å². The van der Waals surface area contributed by atoms with E-state index in [9.17, 15) is 0 Å². The molecule has 8 aromatic carbocycles. The van der Waals surface area contributed by atoms with Crippen molar-refractivity contribution in [1.82, 2.24) is 0 Å². The fraction of sp³-hybridized carbons (Fsp3) is 0. The topological polar surface area (TPSA) is 34.1 Å². The Balaban J connectivity index is 1.53. The van der Waals surface area contributed by atoms with E-state index in [4.69, 9.17) is 0 Å². The van der Waals surface area contributed by atoms with Gasteiger partial charge in [0.25, 0.3) is 0 Å². The lowest BCUT2D eigenvalue weighted by atomic mass is 9.94. The first-order chi connectivity index (χ1) is 23.6. The summed E-state index contributed by atoms with van der Waals surface area (Å²) >= 11 is 0. The maximum absolute atomic E-state index is 16.1. The van der Waals surface area contributed by atoms with Crippen molar-refractivity contribution in [1.29, 1.82) is 0 Å². The first-order valence-electron chi connectivity index (χ1n) is 16.1. The van der Waals surface area contributed by atoms with Gasteiger partial charge in [-0.15, -0.1) is 0 Å². The summed E-state index contributed by atoms with van der Waals surface area (Å²) in [7, 11) is -6.73. The molecule has 230 valence electrons.